The monoisotopic (exact) mass is 276 g/mol. The highest BCUT2D eigenvalue weighted by atomic mass is 16.4. The second-order valence-electron chi connectivity index (χ2n) is 5.02. The smallest absolute Gasteiger partial charge is 0.332 e. The lowest BCUT2D eigenvalue weighted by molar-refractivity contribution is -0.132. The van der Waals surface area contributed by atoms with Crippen LogP contribution in [0.25, 0.3) is 17.7 Å². The Morgan fingerprint density at radius 2 is 1.38 bits per heavy atom. The number of rotatable bonds is 2. The van der Waals surface area contributed by atoms with E-state index in [4.69, 9.17) is 0 Å². The molecule has 1 aliphatic carbocycles. The lowest BCUT2D eigenvalue weighted by atomic mass is 9.88. The number of hydrogen-bond donors (Lipinski definition) is 1. The van der Waals surface area contributed by atoms with E-state index in [0.717, 1.165) is 27.8 Å². The summed E-state index contributed by atoms with van der Waals surface area (Å²) < 4.78 is 0. The molecular weight excluding hydrogens is 260 g/mol. The van der Waals surface area contributed by atoms with Crippen LogP contribution in [-0.2, 0) is 4.79 Å². The van der Waals surface area contributed by atoms with Crippen LogP contribution in [0.5, 0.6) is 0 Å². The lowest BCUT2D eigenvalue weighted by Gasteiger charge is -2.15. The topological polar surface area (TPSA) is 37.3 Å². The van der Waals surface area contributed by atoms with Gasteiger partial charge in [-0.3, -0.25) is 0 Å². The fourth-order valence-corrected chi connectivity index (χ4v) is 2.82. The summed E-state index contributed by atoms with van der Waals surface area (Å²) in [5.41, 5.74) is 5.36. The molecule has 0 bridgehead atoms. The second kappa shape index (κ2) is 5.41. The molecule has 0 aliphatic heterocycles. The maximum absolute atomic E-state index is 11.7. The average Bonchev–Trinajstić information content (AvgIpc) is 2.66. The Morgan fingerprint density at radius 3 is 1.81 bits per heavy atom. The number of hydrogen-bond acceptors (Lipinski definition) is 1. The molecule has 3 rings (SSSR count). The van der Waals surface area contributed by atoms with E-state index in [1.807, 2.05) is 55.5 Å². The third-order valence-corrected chi connectivity index (χ3v) is 3.82. The predicted octanol–water partition coefficient (Wildman–Crippen LogP) is 4.47. The first-order valence-electron chi connectivity index (χ1n) is 7.05. The summed E-state index contributed by atoms with van der Waals surface area (Å²) in [5.74, 6) is -0.848. The zero-order valence-electron chi connectivity index (χ0n) is 11.8. The first kappa shape index (κ1) is 13.4. The van der Waals surface area contributed by atoms with Crippen molar-refractivity contribution in [3.05, 3.63) is 76.4 Å². The Hall–Kier alpha value is -2.61. The molecular formula is C19H16O2. The van der Waals surface area contributed by atoms with Gasteiger partial charge in [-0.2, -0.15) is 0 Å². The Labute approximate surface area is 124 Å². The highest BCUT2D eigenvalue weighted by Gasteiger charge is 2.21. The summed E-state index contributed by atoms with van der Waals surface area (Å²) in [6.45, 7) is 1.89. The van der Waals surface area contributed by atoms with Gasteiger partial charge >= 0.3 is 5.97 Å². The lowest BCUT2D eigenvalue weighted by Crippen LogP contribution is -2.06. The Bertz CT molecular complexity index is 715. The van der Waals surface area contributed by atoms with Gasteiger partial charge in [0, 0.05) is 11.1 Å². The third kappa shape index (κ3) is 2.29. The Balaban J connectivity index is 2.42. The van der Waals surface area contributed by atoms with Crippen molar-refractivity contribution in [2.45, 2.75) is 13.3 Å². The molecule has 0 fully saturated rings. The molecule has 1 N–H and O–H groups in total. The molecule has 2 aromatic carbocycles. The SMILES string of the molecule is CCC(C(=O)O)=C1c2ccccc2C=Cc2ccccc21. The van der Waals surface area contributed by atoms with Gasteiger partial charge in [-0.15, -0.1) is 0 Å². The van der Waals surface area contributed by atoms with Gasteiger partial charge in [0.1, 0.15) is 0 Å². The van der Waals surface area contributed by atoms with Crippen LogP contribution in [0.1, 0.15) is 35.6 Å². The molecule has 104 valence electrons. The van der Waals surface area contributed by atoms with Gasteiger partial charge in [0.15, 0.2) is 0 Å². The molecule has 0 spiro atoms. The van der Waals surface area contributed by atoms with E-state index in [1.54, 1.807) is 0 Å². The maximum atomic E-state index is 11.7. The average molecular weight is 276 g/mol. The van der Waals surface area contributed by atoms with Crippen LogP contribution < -0.4 is 0 Å². The van der Waals surface area contributed by atoms with Crippen molar-refractivity contribution in [1.82, 2.24) is 0 Å². The molecule has 0 saturated heterocycles. The number of aliphatic carboxylic acids is 1. The zero-order chi connectivity index (χ0) is 14.8. The minimum absolute atomic E-state index is 0.457. The van der Waals surface area contributed by atoms with Crippen LogP contribution in [0.3, 0.4) is 0 Å². The molecule has 0 radical (unpaired) electrons. The highest BCUT2D eigenvalue weighted by Crippen LogP contribution is 2.36. The van der Waals surface area contributed by atoms with Crippen molar-refractivity contribution in [3.8, 4) is 0 Å². The molecule has 0 amide bonds. The molecule has 21 heavy (non-hydrogen) atoms. The summed E-state index contributed by atoms with van der Waals surface area (Å²) in [7, 11) is 0. The number of carboxylic acid groups (broad SMARTS) is 1. The van der Waals surface area contributed by atoms with Gasteiger partial charge in [-0.1, -0.05) is 67.6 Å². The summed E-state index contributed by atoms with van der Waals surface area (Å²) >= 11 is 0. The van der Waals surface area contributed by atoms with Gasteiger partial charge in [0.05, 0.1) is 0 Å². The van der Waals surface area contributed by atoms with E-state index in [9.17, 15) is 9.90 Å². The van der Waals surface area contributed by atoms with Gasteiger partial charge < -0.3 is 5.11 Å². The molecule has 2 nitrogen and oxygen atoms in total. The highest BCUT2D eigenvalue weighted by molar-refractivity contribution is 6.04. The number of carbonyl (C=O) groups is 1. The predicted molar refractivity (Wildman–Crippen MR) is 85.8 cm³/mol. The van der Waals surface area contributed by atoms with E-state index in [1.165, 1.54) is 0 Å². The fraction of sp³-hybridized carbons (Fsp3) is 0.105. The quantitative estimate of drug-likeness (QED) is 0.701. The Kier molecular flexibility index (Phi) is 3.44. The van der Waals surface area contributed by atoms with Crippen molar-refractivity contribution in [1.29, 1.82) is 0 Å². The largest absolute Gasteiger partial charge is 0.478 e. The van der Waals surface area contributed by atoms with Crippen LogP contribution in [0.2, 0.25) is 0 Å². The molecule has 0 aromatic heterocycles. The van der Waals surface area contributed by atoms with E-state index < -0.39 is 5.97 Å². The van der Waals surface area contributed by atoms with Crippen molar-refractivity contribution < 1.29 is 9.90 Å². The minimum atomic E-state index is -0.848. The van der Waals surface area contributed by atoms with Crippen molar-refractivity contribution in [3.63, 3.8) is 0 Å². The molecule has 0 saturated carbocycles. The van der Waals surface area contributed by atoms with E-state index in [2.05, 4.69) is 12.2 Å². The van der Waals surface area contributed by atoms with Crippen molar-refractivity contribution >= 4 is 23.7 Å². The molecule has 2 aromatic rings. The van der Waals surface area contributed by atoms with Crippen LogP contribution in [0.15, 0.2) is 54.1 Å². The summed E-state index contributed by atoms with van der Waals surface area (Å²) in [5, 5.41) is 9.59. The van der Waals surface area contributed by atoms with E-state index in [0.29, 0.717) is 12.0 Å². The molecule has 1 aliphatic rings. The fourth-order valence-electron chi connectivity index (χ4n) is 2.82. The van der Waals surface area contributed by atoms with Crippen LogP contribution in [0.4, 0.5) is 0 Å². The number of fused-ring (bicyclic) bond motifs is 2. The van der Waals surface area contributed by atoms with E-state index in [-0.39, 0.29) is 0 Å². The molecule has 2 heteroatoms. The first-order valence-corrected chi connectivity index (χ1v) is 7.05. The van der Waals surface area contributed by atoms with Crippen LogP contribution in [0, 0.1) is 0 Å². The van der Waals surface area contributed by atoms with Crippen LogP contribution >= 0.6 is 0 Å². The molecule has 0 heterocycles. The van der Waals surface area contributed by atoms with Crippen molar-refractivity contribution in [2.75, 3.05) is 0 Å². The molecule has 0 atom stereocenters. The second-order valence-corrected chi connectivity index (χ2v) is 5.02. The van der Waals surface area contributed by atoms with Gasteiger partial charge in [0.2, 0.25) is 0 Å². The van der Waals surface area contributed by atoms with Crippen molar-refractivity contribution in [2.24, 2.45) is 0 Å². The minimum Gasteiger partial charge on any atom is -0.478 e. The van der Waals surface area contributed by atoms with Crippen LogP contribution in [-0.4, -0.2) is 11.1 Å². The normalized spacial score (nSPS) is 12.3. The molecule has 0 unspecified atom stereocenters. The summed E-state index contributed by atoms with van der Waals surface area (Å²) in [6, 6.07) is 15.9. The third-order valence-electron chi connectivity index (χ3n) is 3.82. The first-order chi connectivity index (χ1) is 10.2. The number of carboxylic acids is 1. The summed E-state index contributed by atoms with van der Waals surface area (Å²) in [4.78, 5) is 11.7. The summed E-state index contributed by atoms with van der Waals surface area (Å²) in [6.07, 6.45) is 4.60. The number of benzene rings is 2. The van der Waals surface area contributed by atoms with Gasteiger partial charge in [-0.25, -0.2) is 4.79 Å². The Morgan fingerprint density at radius 1 is 0.905 bits per heavy atom. The zero-order valence-corrected chi connectivity index (χ0v) is 11.8. The standard InChI is InChI=1S/C19H16O2/c1-2-15(19(20)21)18-16-9-5-3-7-13(16)11-12-14-8-4-6-10-17(14)18/h3-12H,2H2,1H3,(H,20,21). The van der Waals surface area contributed by atoms with E-state index >= 15 is 0 Å². The van der Waals surface area contributed by atoms with Gasteiger partial charge in [-0.05, 0) is 28.7 Å². The van der Waals surface area contributed by atoms with Gasteiger partial charge in [0.25, 0.3) is 0 Å². The maximum Gasteiger partial charge on any atom is 0.332 e.